The minimum absolute atomic E-state index is 0.214. The van der Waals surface area contributed by atoms with E-state index in [0.717, 1.165) is 4.90 Å². The molecule has 4 rings (SSSR count). The lowest BCUT2D eigenvalue weighted by molar-refractivity contribution is -0.151. The summed E-state index contributed by atoms with van der Waals surface area (Å²) in [6, 6.07) is 11.9. The van der Waals surface area contributed by atoms with Crippen LogP contribution in [0.3, 0.4) is 0 Å². The number of para-hydroxylation sites is 2. The molecule has 1 atom stereocenters. The zero-order valence-electron chi connectivity index (χ0n) is 17.7. The molecule has 2 aromatic carbocycles. The van der Waals surface area contributed by atoms with Gasteiger partial charge in [-0.2, -0.15) is 0 Å². The normalized spacial score (nSPS) is 17.4. The maximum absolute atomic E-state index is 13.0. The Morgan fingerprint density at radius 1 is 0.969 bits per heavy atom. The van der Waals surface area contributed by atoms with Crippen molar-refractivity contribution in [3.05, 3.63) is 59.7 Å². The lowest BCUT2D eigenvalue weighted by Crippen LogP contribution is -2.59. The number of amides is 4. The molecule has 0 radical (unpaired) electrons. The lowest BCUT2D eigenvalue weighted by Gasteiger charge is -2.41. The molecule has 2 aromatic rings. The first-order valence-electron chi connectivity index (χ1n) is 10.0. The fourth-order valence-corrected chi connectivity index (χ4v) is 3.88. The van der Waals surface area contributed by atoms with E-state index in [1.54, 1.807) is 50.2 Å². The third-order valence-electron chi connectivity index (χ3n) is 5.65. The van der Waals surface area contributed by atoms with E-state index < -0.39 is 41.9 Å². The van der Waals surface area contributed by atoms with Crippen LogP contribution < -0.4 is 10.2 Å². The van der Waals surface area contributed by atoms with Crippen LogP contribution in [0.2, 0.25) is 0 Å². The minimum Gasteiger partial charge on any atom is -0.454 e. The largest absolute Gasteiger partial charge is 0.454 e. The standard InChI is InChI=1S/C23H21N3O6/c1-13(25-19(28)14-8-4-5-9-15(14)20(25)29)21(30)32-12-18(27)26-17-11-7-6-10-16(17)24-22(31)23(26,2)3/h4-11,13H,12H2,1-3H3,(H,24,31)/t13-/m1/s1. The van der Waals surface area contributed by atoms with Crippen molar-refractivity contribution in [2.24, 2.45) is 0 Å². The van der Waals surface area contributed by atoms with Crippen LogP contribution in [0.1, 0.15) is 41.5 Å². The van der Waals surface area contributed by atoms with E-state index >= 15 is 0 Å². The third-order valence-corrected chi connectivity index (χ3v) is 5.65. The zero-order chi connectivity index (χ0) is 23.2. The van der Waals surface area contributed by atoms with E-state index in [1.807, 2.05) is 0 Å². The molecule has 0 aliphatic carbocycles. The molecule has 2 aliphatic heterocycles. The van der Waals surface area contributed by atoms with E-state index in [4.69, 9.17) is 4.74 Å². The number of ether oxygens (including phenoxy) is 1. The van der Waals surface area contributed by atoms with Gasteiger partial charge in [-0.25, -0.2) is 4.79 Å². The third kappa shape index (κ3) is 3.22. The van der Waals surface area contributed by atoms with Crippen molar-refractivity contribution in [3.8, 4) is 0 Å². The highest BCUT2D eigenvalue weighted by molar-refractivity contribution is 6.22. The molecule has 164 valence electrons. The van der Waals surface area contributed by atoms with Crippen LogP contribution in [0, 0.1) is 0 Å². The maximum Gasteiger partial charge on any atom is 0.329 e. The molecule has 2 aliphatic rings. The Bertz CT molecular complexity index is 1140. The summed E-state index contributed by atoms with van der Waals surface area (Å²) in [5, 5.41) is 2.75. The van der Waals surface area contributed by atoms with Crippen molar-refractivity contribution >= 4 is 41.0 Å². The summed E-state index contributed by atoms with van der Waals surface area (Å²) in [6.07, 6.45) is 0. The molecule has 0 saturated carbocycles. The SMILES string of the molecule is C[C@H](C(=O)OCC(=O)N1c2ccccc2NC(=O)C1(C)C)N1C(=O)c2ccccc2C1=O. The van der Waals surface area contributed by atoms with Gasteiger partial charge in [0.2, 0.25) is 5.91 Å². The van der Waals surface area contributed by atoms with E-state index in [1.165, 1.54) is 24.0 Å². The Labute approximate surface area is 183 Å². The zero-order valence-corrected chi connectivity index (χ0v) is 17.7. The van der Waals surface area contributed by atoms with Gasteiger partial charge in [0.05, 0.1) is 22.5 Å². The molecule has 0 aromatic heterocycles. The van der Waals surface area contributed by atoms with Crippen molar-refractivity contribution < 1.29 is 28.7 Å². The summed E-state index contributed by atoms with van der Waals surface area (Å²) in [5.74, 6) is -3.08. The summed E-state index contributed by atoms with van der Waals surface area (Å²) < 4.78 is 5.16. The summed E-state index contributed by atoms with van der Waals surface area (Å²) in [5.41, 5.74) is 0.158. The molecular weight excluding hydrogens is 414 g/mol. The van der Waals surface area contributed by atoms with Crippen molar-refractivity contribution in [1.82, 2.24) is 4.90 Å². The number of imide groups is 1. The van der Waals surface area contributed by atoms with Gasteiger partial charge in [-0.3, -0.25) is 29.0 Å². The molecule has 0 unspecified atom stereocenters. The summed E-state index contributed by atoms with van der Waals surface area (Å²) in [7, 11) is 0. The summed E-state index contributed by atoms with van der Waals surface area (Å²) in [4.78, 5) is 65.4. The Kier molecular flexibility index (Phi) is 5.04. The number of nitrogens with one attached hydrogen (secondary N) is 1. The lowest BCUT2D eigenvalue weighted by atomic mass is 9.96. The maximum atomic E-state index is 13.0. The summed E-state index contributed by atoms with van der Waals surface area (Å²) >= 11 is 0. The van der Waals surface area contributed by atoms with Crippen LogP contribution in [0.5, 0.6) is 0 Å². The van der Waals surface area contributed by atoms with E-state index in [2.05, 4.69) is 5.32 Å². The predicted octanol–water partition coefficient (Wildman–Crippen LogP) is 1.98. The average molecular weight is 435 g/mol. The fourth-order valence-electron chi connectivity index (χ4n) is 3.88. The van der Waals surface area contributed by atoms with Gasteiger partial charge in [-0.1, -0.05) is 24.3 Å². The molecule has 4 amide bonds. The Balaban J connectivity index is 1.49. The van der Waals surface area contributed by atoms with E-state index in [9.17, 15) is 24.0 Å². The number of carbonyl (C=O) groups excluding carboxylic acids is 5. The predicted molar refractivity (Wildman–Crippen MR) is 114 cm³/mol. The van der Waals surface area contributed by atoms with Gasteiger partial charge in [-0.15, -0.1) is 0 Å². The Morgan fingerprint density at radius 3 is 2.16 bits per heavy atom. The molecule has 0 fully saturated rings. The number of rotatable bonds is 4. The van der Waals surface area contributed by atoms with Crippen LogP contribution in [0.4, 0.5) is 11.4 Å². The van der Waals surface area contributed by atoms with Gasteiger partial charge in [0.15, 0.2) is 6.61 Å². The molecule has 0 bridgehead atoms. The van der Waals surface area contributed by atoms with Gasteiger partial charge in [0.1, 0.15) is 11.6 Å². The van der Waals surface area contributed by atoms with Gasteiger partial charge in [-0.05, 0) is 45.0 Å². The topological polar surface area (TPSA) is 113 Å². The molecule has 0 spiro atoms. The number of esters is 1. The summed E-state index contributed by atoms with van der Waals surface area (Å²) in [6.45, 7) is 3.87. The van der Waals surface area contributed by atoms with Gasteiger partial charge in [0, 0.05) is 0 Å². The van der Waals surface area contributed by atoms with E-state index in [-0.39, 0.29) is 17.0 Å². The number of carbonyl (C=O) groups is 5. The molecule has 2 heterocycles. The molecule has 9 nitrogen and oxygen atoms in total. The second-order valence-electron chi connectivity index (χ2n) is 8.07. The van der Waals surface area contributed by atoms with Crippen LogP contribution in [0.25, 0.3) is 0 Å². The van der Waals surface area contributed by atoms with Crippen molar-refractivity contribution in [3.63, 3.8) is 0 Å². The van der Waals surface area contributed by atoms with Gasteiger partial charge < -0.3 is 10.1 Å². The quantitative estimate of drug-likeness (QED) is 0.580. The Morgan fingerprint density at radius 2 is 1.53 bits per heavy atom. The van der Waals surface area contributed by atoms with Crippen molar-refractivity contribution in [2.45, 2.75) is 32.4 Å². The molecule has 1 N–H and O–H groups in total. The van der Waals surface area contributed by atoms with Gasteiger partial charge >= 0.3 is 5.97 Å². The number of nitrogens with zero attached hydrogens (tertiary/aromatic N) is 2. The second-order valence-corrected chi connectivity index (χ2v) is 8.07. The second kappa shape index (κ2) is 7.60. The molecule has 9 heteroatoms. The van der Waals surface area contributed by atoms with Crippen LogP contribution in [-0.4, -0.2) is 52.7 Å². The number of benzene rings is 2. The van der Waals surface area contributed by atoms with Crippen LogP contribution >= 0.6 is 0 Å². The van der Waals surface area contributed by atoms with Crippen molar-refractivity contribution in [2.75, 3.05) is 16.8 Å². The minimum atomic E-state index is -1.22. The van der Waals surface area contributed by atoms with Crippen LogP contribution in [-0.2, 0) is 19.1 Å². The first kappa shape index (κ1) is 21.2. The number of anilines is 2. The fraction of sp³-hybridized carbons (Fsp3) is 0.261. The first-order chi connectivity index (χ1) is 15.1. The molecule has 32 heavy (non-hydrogen) atoms. The smallest absolute Gasteiger partial charge is 0.329 e. The first-order valence-corrected chi connectivity index (χ1v) is 10.0. The average Bonchev–Trinajstić information content (AvgIpc) is 3.02. The van der Waals surface area contributed by atoms with Gasteiger partial charge in [0.25, 0.3) is 17.7 Å². The van der Waals surface area contributed by atoms with E-state index in [0.29, 0.717) is 11.4 Å². The molecule has 0 saturated heterocycles. The highest BCUT2D eigenvalue weighted by Gasteiger charge is 2.45. The highest BCUT2D eigenvalue weighted by atomic mass is 16.5. The number of hydrogen-bond acceptors (Lipinski definition) is 6. The monoisotopic (exact) mass is 435 g/mol. The highest BCUT2D eigenvalue weighted by Crippen LogP contribution is 2.36. The molecular formula is C23H21N3O6. The van der Waals surface area contributed by atoms with Crippen molar-refractivity contribution in [1.29, 1.82) is 0 Å². The number of hydrogen-bond donors (Lipinski definition) is 1. The van der Waals surface area contributed by atoms with Crippen LogP contribution in [0.15, 0.2) is 48.5 Å². The number of fused-ring (bicyclic) bond motifs is 2. The Hall–Kier alpha value is -4.01.